The van der Waals surface area contributed by atoms with Gasteiger partial charge in [-0.3, -0.25) is 4.79 Å². The molecule has 2 fully saturated rings. The lowest BCUT2D eigenvalue weighted by Crippen LogP contribution is -2.56. The summed E-state index contributed by atoms with van der Waals surface area (Å²) >= 11 is 0. The van der Waals surface area contributed by atoms with Crippen molar-refractivity contribution in [2.45, 2.75) is 19.8 Å². The molecule has 0 spiro atoms. The van der Waals surface area contributed by atoms with Gasteiger partial charge in [-0.15, -0.1) is 0 Å². The molecule has 0 radical (unpaired) electrons. The Morgan fingerprint density at radius 2 is 1.68 bits per heavy atom. The number of rotatable bonds is 2. The van der Waals surface area contributed by atoms with E-state index in [0.29, 0.717) is 26.2 Å². The summed E-state index contributed by atoms with van der Waals surface area (Å²) in [7, 11) is -3.63. The molecule has 19 heavy (non-hydrogen) atoms. The van der Waals surface area contributed by atoms with Gasteiger partial charge in [0.1, 0.15) is 0 Å². The van der Waals surface area contributed by atoms with Crippen molar-refractivity contribution < 1.29 is 13.2 Å². The van der Waals surface area contributed by atoms with Gasteiger partial charge in [-0.2, -0.15) is 12.7 Å². The van der Waals surface area contributed by atoms with Crippen LogP contribution >= 0.6 is 0 Å². The molecule has 7 nitrogen and oxygen atoms in total. The standard InChI is InChI=1S/C11H22N4O3S/c1-11(2-4-13-5-3-11)10(16)14-6-8-15(9-7-14)19(12,17)18/h13H,2-9H2,1H3,(H2,12,17,18). The molecule has 0 saturated carbocycles. The molecule has 8 heteroatoms. The van der Waals surface area contributed by atoms with E-state index in [1.807, 2.05) is 6.92 Å². The van der Waals surface area contributed by atoms with Gasteiger partial charge in [0.2, 0.25) is 5.91 Å². The highest BCUT2D eigenvalue weighted by molar-refractivity contribution is 7.86. The van der Waals surface area contributed by atoms with Crippen LogP contribution in [-0.2, 0) is 15.0 Å². The maximum atomic E-state index is 12.5. The fourth-order valence-corrected chi connectivity index (χ4v) is 3.39. The van der Waals surface area contributed by atoms with Gasteiger partial charge in [-0.1, -0.05) is 6.92 Å². The number of piperazine rings is 1. The molecule has 2 saturated heterocycles. The molecular weight excluding hydrogens is 268 g/mol. The van der Waals surface area contributed by atoms with E-state index in [9.17, 15) is 13.2 Å². The maximum absolute atomic E-state index is 12.5. The smallest absolute Gasteiger partial charge is 0.277 e. The van der Waals surface area contributed by atoms with Gasteiger partial charge < -0.3 is 10.2 Å². The molecule has 0 aromatic heterocycles. The molecule has 3 N–H and O–H groups in total. The van der Waals surface area contributed by atoms with Crippen LogP contribution in [0.1, 0.15) is 19.8 Å². The number of carbonyl (C=O) groups excluding carboxylic acids is 1. The first kappa shape index (κ1) is 14.7. The number of hydrogen-bond donors (Lipinski definition) is 2. The second-order valence-corrected chi connectivity index (χ2v) is 7.09. The van der Waals surface area contributed by atoms with E-state index in [1.54, 1.807) is 4.90 Å². The van der Waals surface area contributed by atoms with Crippen molar-refractivity contribution in [2.24, 2.45) is 10.6 Å². The Morgan fingerprint density at radius 3 is 2.16 bits per heavy atom. The third-order valence-electron chi connectivity index (χ3n) is 4.11. The summed E-state index contributed by atoms with van der Waals surface area (Å²) in [6.45, 7) is 5.16. The average molecular weight is 290 g/mol. The summed E-state index contributed by atoms with van der Waals surface area (Å²) < 4.78 is 23.7. The summed E-state index contributed by atoms with van der Waals surface area (Å²) in [5, 5.41) is 8.34. The fourth-order valence-electron chi connectivity index (χ4n) is 2.72. The van der Waals surface area contributed by atoms with Gasteiger partial charge >= 0.3 is 0 Å². The van der Waals surface area contributed by atoms with Crippen molar-refractivity contribution in [3.05, 3.63) is 0 Å². The van der Waals surface area contributed by atoms with E-state index < -0.39 is 10.2 Å². The topological polar surface area (TPSA) is 95.7 Å². The lowest BCUT2D eigenvalue weighted by molar-refractivity contribution is -0.144. The van der Waals surface area contributed by atoms with Gasteiger partial charge in [0, 0.05) is 31.6 Å². The van der Waals surface area contributed by atoms with Crippen LogP contribution in [0.15, 0.2) is 0 Å². The molecule has 2 heterocycles. The number of nitrogens with zero attached hydrogens (tertiary/aromatic N) is 2. The van der Waals surface area contributed by atoms with Gasteiger partial charge in [-0.05, 0) is 25.9 Å². The Balaban J connectivity index is 1.96. The zero-order valence-corrected chi connectivity index (χ0v) is 12.1. The van der Waals surface area contributed by atoms with E-state index in [4.69, 9.17) is 5.14 Å². The minimum absolute atomic E-state index is 0.142. The molecule has 2 aliphatic rings. The highest BCUT2D eigenvalue weighted by Crippen LogP contribution is 2.30. The number of piperidine rings is 1. The monoisotopic (exact) mass is 290 g/mol. The molecule has 0 aromatic carbocycles. The highest BCUT2D eigenvalue weighted by Gasteiger charge is 2.39. The third kappa shape index (κ3) is 3.25. The van der Waals surface area contributed by atoms with Crippen LogP contribution in [0.2, 0.25) is 0 Å². The van der Waals surface area contributed by atoms with Crippen LogP contribution in [0.4, 0.5) is 0 Å². The van der Waals surface area contributed by atoms with E-state index in [0.717, 1.165) is 25.9 Å². The lowest BCUT2D eigenvalue weighted by atomic mass is 9.79. The Labute approximate surface area is 114 Å². The van der Waals surface area contributed by atoms with E-state index in [-0.39, 0.29) is 11.3 Å². The molecule has 110 valence electrons. The number of hydrogen-bond acceptors (Lipinski definition) is 4. The van der Waals surface area contributed by atoms with Crippen LogP contribution < -0.4 is 10.5 Å². The highest BCUT2D eigenvalue weighted by atomic mass is 32.2. The van der Waals surface area contributed by atoms with Crippen LogP contribution in [-0.4, -0.2) is 62.8 Å². The Bertz CT molecular complexity index is 437. The van der Waals surface area contributed by atoms with Gasteiger partial charge in [0.25, 0.3) is 10.2 Å². The Hall–Kier alpha value is -0.700. The molecule has 2 aliphatic heterocycles. The number of amides is 1. The minimum atomic E-state index is -3.63. The Kier molecular flexibility index (Phi) is 4.14. The number of carbonyl (C=O) groups is 1. The Morgan fingerprint density at radius 1 is 1.16 bits per heavy atom. The SMILES string of the molecule is CC1(C(=O)N2CCN(S(N)(=O)=O)CC2)CCNCC1. The van der Waals surface area contributed by atoms with Crippen molar-refractivity contribution in [2.75, 3.05) is 39.3 Å². The van der Waals surface area contributed by atoms with Crippen LogP contribution in [0.3, 0.4) is 0 Å². The molecule has 0 unspecified atom stereocenters. The van der Waals surface area contributed by atoms with Crippen LogP contribution in [0.25, 0.3) is 0 Å². The zero-order chi connectivity index (χ0) is 14.1. The molecule has 0 atom stereocenters. The molecular formula is C11H22N4O3S. The lowest BCUT2D eigenvalue weighted by Gasteiger charge is -2.40. The zero-order valence-electron chi connectivity index (χ0n) is 11.3. The molecule has 0 aromatic rings. The normalized spacial score (nSPS) is 25.3. The molecule has 2 rings (SSSR count). The first-order valence-corrected chi connectivity index (χ1v) is 8.11. The van der Waals surface area contributed by atoms with E-state index in [2.05, 4.69) is 5.32 Å². The molecule has 0 aliphatic carbocycles. The largest absolute Gasteiger partial charge is 0.340 e. The predicted octanol–water partition coefficient (Wildman–Crippen LogP) is -1.28. The molecule has 1 amide bonds. The predicted molar refractivity (Wildman–Crippen MR) is 71.5 cm³/mol. The van der Waals surface area contributed by atoms with Crippen molar-refractivity contribution >= 4 is 16.1 Å². The summed E-state index contributed by atoms with van der Waals surface area (Å²) in [4.78, 5) is 14.3. The van der Waals surface area contributed by atoms with Crippen LogP contribution in [0, 0.1) is 5.41 Å². The average Bonchev–Trinajstić information content (AvgIpc) is 2.38. The van der Waals surface area contributed by atoms with E-state index >= 15 is 0 Å². The fraction of sp³-hybridized carbons (Fsp3) is 0.909. The minimum Gasteiger partial charge on any atom is -0.340 e. The quantitative estimate of drug-likeness (QED) is 0.662. The van der Waals surface area contributed by atoms with Crippen LogP contribution in [0.5, 0.6) is 0 Å². The van der Waals surface area contributed by atoms with Gasteiger partial charge in [-0.25, -0.2) is 5.14 Å². The summed E-state index contributed by atoms with van der Waals surface area (Å²) in [6.07, 6.45) is 1.67. The first-order chi connectivity index (χ1) is 8.83. The van der Waals surface area contributed by atoms with Gasteiger partial charge in [0.15, 0.2) is 0 Å². The van der Waals surface area contributed by atoms with Gasteiger partial charge in [0.05, 0.1) is 0 Å². The maximum Gasteiger partial charge on any atom is 0.277 e. The number of nitrogens with one attached hydrogen (secondary N) is 1. The van der Waals surface area contributed by atoms with Crippen molar-refractivity contribution in [1.82, 2.24) is 14.5 Å². The van der Waals surface area contributed by atoms with Crippen molar-refractivity contribution in [3.8, 4) is 0 Å². The van der Waals surface area contributed by atoms with Crippen molar-refractivity contribution in [1.29, 1.82) is 0 Å². The summed E-state index contributed by atoms with van der Waals surface area (Å²) in [5.74, 6) is 0.142. The second kappa shape index (κ2) is 5.35. The number of nitrogens with two attached hydrogens (primary N) is 1. The summed E-state index contributed by atoms with van der Waals surface area (Å²) in [6, 6.07) is 0. The summed E-state index contributed by atoms with van der Waals surface area (Å²) in [5.41, 5.74) is -0.311. The van der Waals surface area contributed by atoms with Crippen molar-refractivity contribution in [3.63, 3.8) is 0 Å². The molecule has 0 bridgehead atoms. The third-order valence-corrected chi connectivity index (χ3v) is 5.19. The first-order valence-electron chi connectivity index (χ1n) is 6.61. The van der Waals surface area contributed by atoms with E-state index in [1.165, 1.54) is 4.31 Å². The second-order valence-electron chi connectivity index (χ2n) is 5.55.